The Morgan fingerprint density at radius 1 is 1.25 bits per heavy atom. The van der Waals surface area contributed by atoms with Gasteiger partial charge in [0.25, 0.3) is 0 Å². The molecule has 0 aliphatic rings. The molecule has 0 aliphatic carbocycles. The smallest absolute Gasteiger partial charge is 0.390 e. The number of alkyl halides is 3. The molecule has 0 fully saturated rings. The molecule has 0 radical (unpaired) electrons. The predicted octanol–water partition coefficient (Wildman–Crippen LogP) is 2.81. The Morgan fingerprint density at radius 2 is 1.92 bits per heavy atom. The lowest BCUT2D eigenvalue weighted by atomic mass is 10.1. The first-order valence-electron chi connectivity index (χ1n) is 6.77. The van der Waals surface area contributed by atoms with E-state index < -0.39 is 22.6 Å². The quantitative estimate of drug-likeness (QED) is 0.463. The highest BCUT2D eigenvalue weighted by molar-refractivity contribution is 5.85. The van der Waals surface area contributed by atoms with Gasteiger partial charge in [-0.25, -0.2) is 0 Å². The van der Waals surface area contributed by atoms with Crippen molar-refractivity contribution in [3.8, 4) is 0 Å². The van der Waals surface area contributed by atoms with Gasteiger partial charge in [-0.3, -0.25) is 0 Å². The molecule has 0 unspecified atom stereocenters. The summed E-state index contributed by atoms with van der Waals surface area (Å²) in [6, 6.07) is 4.95. The van der Waals surface area contributed by atoms with Crippen LogP contribution in [0.15, 0.2) is 30.6 Å². The fraction of sp³-hybridized carbons (Fsp3) is 0.385. The van der Waals surface area contributed by atoms with Gasteiger partial charge < -0.3 is 15.4 Å². The molecule has 0 spiro atoms. The first-order valence-corrected chi connectivity index (χ1v) is 6.77. The summed E-state index contributed by atoms with van der Waals surface area (Å²) in [5, 5.41) is 17.2. The maximum atomic E-state index is 12.4. The van der Waals surface area contributed by atoms with Gasteiger partial charge in [0.2, 0.25) is 6.33 Å². The van der Waals surface area contributed by atoms with E-state index >= 15 is 0 Å². The molecule has 2 aromatic rings. The maximum absolute atomic E-state index is 12.4. The number of aromatic nitrogens is 3. The molecule has 1 heterocycles. The average molecular weight is 366 g/mol. The van der Waals surface area contributed by atoms with Gasteiger partial charge in [-0.2, -0.15) is 17.9 Å². The number of aryl methyl sites for hydroxylation is 1. The molecule has 24 heavy (non-hydrogen) atoms. The first kappa shape index (κ1) is 19.8. The topological polar surface area (TPSA) is 85.9 Å². The summed E-state index contributed by atoms with van der Waals surface area (Å²) in [6.07, 6.45) is -2.39. The van der Waals surface area contributed by atoms with Gasteiger partial charge in [-0.15, -0.1) is 12.4 Å². The summed E-state index contributed by atoms with van der Waals surface area (Å²) in [5.74, 6) is -0.442. The van der Waals surface area contributed by atoms with E-state index in [1.807, 2.05) is 0 Å². The van der Waals surface area contributed by atoms with Crippen molar-refractivity contribution in [3.63, 3.8) is 0 Å². The molecule has 0 amide bonds. The van der Waals surface area contributed by atoms with E-state index in [0.29, 0.717) is 26.1 Å². The van der Waals surface area contributed by atoms with E-state index in [1.165, 1.54) is 23.1 Å². The van der Waals surface area contributed by atoms with Crippen LogP contribution < -0.4 is 5.32 Å². The summed E-state index contributed by atoms with van der Waals surface area (Å²) in [5.41, 5.74) is 0.0726. The van der Waals surface area contributed by atoms with Gasteiger partial charge in [0.1, 0.15) is 0 Å². The Balaban J connectivity index is 0.00000288. The highest BCUT2D eigenvalue weighted by Crippen LogP contribution is 2.28. The van der Waals surface area contributed by atoms with Crippen LogP contribution in [0.25, 0.3) is 0 Å². The van der Waals surface area contributed by atoms with E-state index in [0.717, 1.165) is 17.7 Å². The van der Waals surface area contributed by atoms with Crippen molar-refractivity contribution in [2.24, 2.45) is 0 Å². The number of halogens is 4. The van der Waals surface area contributed by atoms with E-state index in [9.17, 15) is 23.3 Å². The van der Waals surface area contributed by atoms with Gasteiger partial charge in [-0.05, 0) is 35.6 Å². The number of nitro groups is 1. The zero-order valence-corrected chi connectivity index (χ0v) is 13.2. The van der Waals surface area contributed by atoms with E-state index in [2.05, 4.69) is 15.4 Å². The van der Waals surface area contributed by atoms with Crippen LogP contribution in [-0.4, -0.2) is 26.2 Å². The van der Waals surface area contributed by atoms with Gasteiger partial charge in [-0.1, -0.05) is 17.1 Å². The van der Waals surface area contributed by atoms with Crippen molar-refractivity contribution >= 4 is 18.4 Å². The van der Waals surface area contributed by atoms with Crippen LogP contribution >= 0.6 is 12.4 Å². The third-order valence-corrected chi connectivity index (χ3v) is 3.04. The SMILES string of the molecule is Cl.O=[N+]([O-])c1ncn(CCCNCc2ccc(C(F)(F)F)cc2)n1. The van der Waals surface area contributed by atoms with E-state index in [1.54, 1.807) is 0 Å². The fourth-order valence-electron chi connectivity index (χ4n) is 1.89. The second-order valence-electron chi connectivity index (χ2n) is 4.79. The Labute approximate surface area is 141 Å². The third-order valence-electron chi connectivity index (χ3n) is 3.04. The lowest BCUT2D eigenvalue weighted by Gasteiger charge is -2.08. The van der Waals surface area contributed by atoms with Crippen LogP contribution in [0.5, 0.6) is 0 Å². The molecular formula is C13H15ClF3N5O2. The zero-order chi connectivity index (χ0) is 16.9. The second-order valence-corrected chi connectivity index (χ2v) is 4.79. The number of hydrogen-bond acceptors (Lipinski definition) is 5. The van der Waals surface area contributed by atoms with Gasteiger partial charge in [0.05, 0.1) is 12.1 Å². The van der Waals surface area contributed by atoms with Crippen LogP contribution in [0.2, 0.25) is 0 Å². The normalized spacial score (nSPS) is 11.1. The Hall–Kier alpha value is -2.20. The molecule has 0 atom stereocenters. The molecule has 11 heteroatoms. The zero-order valence-electron chi connectivity index (χ0n) is 12.4. The van der Waals surface area contributed by atoms with E-state index in [-0.39, 0.29) is 12.4 Å². The van der Waals surface area contributed by atoms with Gasteiger partial charge in [0, 0.05) is 11.6 Å². The van der Waals surface area contributed by atoms with Crippen LogP contribution in [0.4, 0.5) is 19.1 Å². The largest absolute Gasteiger partial charge is 0.490 e. The molecule has 1 aromatic carbocycles. The maximum Gasteiger partial charge on any atom is 0.490 e. The summed E-state index contributed by atoms with van der Waals surface area (Å²) in [4.78, 5) is 13.3. The lowest BCUT2D eigenvalue weighted by Crippen LogP contribution is -2.17. The Morgan fingerprint density at radius 3 is 2.46 bits per heavy atom. The molecule has 7 nitrogen and oxygen atoms in total. The summed E-state index contributed by atoms with van der Waals surface area (Å²) in [6.45, 7) is 1.49. The predicted molar refractivity (Wildman–Crippen MR) is 81.7 cm³/mol. The number of nitrogens with zero attached hydrogens (tertiary/aromatic N) is 4. The highest BCUT2D eigenvalue weighted by atomic mass is 35.5. The monoisotopic (exact) mass is 365 g/mol. The van der Waals surface area contributed by atoms with Crippen LogP contribution in [0.3, 0.4) is 0 Å². The van der Waals surface area contributed by atoms with Crippen molar-refractivity contribution in [2.75, 3.05) is 6.54 Å². The summed E-state index contributed by atoms with van der Waals surface area (Å²) in [7, 11) is 0. The summed E-state index contributed by atoms with van der Waals surface area (Å²) >= 11 is 0. The number of rotatable bonds is 7. The van der Waals surface area contributed by atoms with E-state index in [4.69, 9.17) is 0 Å². The molecule has 0 saturated heterocycles. The first-order chi connectivity index (χ1) is 10.9. The van der Waals surface area contributed by atoms with Crippen LogP contribution in [0.1, 0.15) is 17.5 Å². The molecule has 1 aromatic heterocycles. The third kappa shape index (κ3) is 5.78. The molecule has 0 bridgehead atoms. The number of hydrogen-bond donors (Lipinski definition) is 1. The molecule has 132 valence electrons. The van der Waals surface area contributed by atoms with Crippen molar-refractivity contribution in [1.82, 2.24) is 20.1 Å². The lowest BCUT2D eigenvalue weighted by molar-refractivity contribution is -0.394. The standard InChI is InChI=1S/C13H14F3N5O2.ClH/c14-13(15,16)11-4-2-10(3-5-11)8-17-6-1-7-20-9-18-12(19-20)21(22)23;/h2-5,9,17H,1,6-8H2;1H. The minimum atomic E-state index is -4.33. The second kappa shape index (κ2) is 8.60. The minimum absolute atomic E-state index is 0. The van der Waals surface area contributed by atoms with Crippen molar-refractivity contribution < 1.29 is 18.1 Å². The van der Waals surface area contributed by atoms with Crippen molar-refractivity contribution in [1.29, 1.82) is 0 Å². The number of benzene rings is 1. The molecule has 0 saturated carbocycles. The number of nitrogens with one attached hydrogen (secondary N) is 1. The van der Waals surface area contributed by atoms with Crippen LogP contribution in [0, 0.1) is 10.1 Å². The summed E-state index contributed by atoms with van der Waals surface area (Å²) < 4.78 is 38.6. The molecular weight excluding hydrogens is 351 g/mol. The van der Waals surface area contributed by atoms with Gasteiger partial charge in [0.15, 0.2) is 0 Å². The molecule has 1 N–H and O–H groups in total. The Kier molecular flexibility index (Phi) is 7.11. The average Bonchev–Trinajstić information content (AvgIpc) is 2.95. The van der Waals surface area contributed by atoms with Gasteiger partial charge >= 0.3 is 12.1 Å². The van der Waals surface area contributed by atoms with Crippen LogP contribution in [-0.2, 0) is 19.3 Å². The highest BCUT2D eigenvalue weighted by Gasteiger charge is 2.29. The minimum Gasteiger partial charge on any atom is -0.390 e. The Bertz CT molecular complexity index is 660. The fourth-order valence-corrected chi connectivity index (χ4v) is 1.89. The molecule has 2 rings (SSSR count). The van der Waals surface area contributed by atoms with Crippen molar-refractivity contribution in [3.05, 3.63) is 51.8 Å². The molecule has 0 aliphatic heterocycles. The van der Waals surface area contributed by atoms with Crippen molar-refractivity contribution in [2.45, 2.75) is 25.7 Å².